The number of rotatable bonds is 18. The van der Waals surface area contributed by atoms with Gasteiger partial charge < -0.3 is 29.9 Å². The summed E-state index contributed by atoms with van der Waals surface area (Å²) < 4.78 is 10.3. The summed E-state index contributed by atoms with van der Waals surface area (Å²) in [4.78, 5) is 27.6. The molecule has 0 heterocycles. The third kappa shape index (κ3) is 13.4. The van der Waals surface area contributed by atoms with Crippen molar-refractivity contribution < 1.29 is 39.5 Å². The summed E-state index contributed by atoms with van der Waals surface area (Å²) >= 11 is 0. The monoisotopic (exact) mass is 548 g/mol. The molecule has 0 aromatic heterocycles. The third-order valence-electron chi connectivity index (χ3n) is 5.76. The molecule has 0 atom stereocenters. The van der Waals surface area contributed by atoms with E-state index in [2.05, 4.69) is 10.6 Å². The highest BCUT2D eigenvalue weighted by Crippen LogP contribution is 2.16. The molecule has 0 aliphatic rings. The lowest BCUT2D eigenvalue weighted by molar-refractivity contribution is 0.116. The van der Waals surface area contributed by atoms with Crippen LogP contribution in [0.5, 0.6) is 0 Å². The van der Waals surface area contributed by atoms with Gasteiger partial charge in [0.05, 0.1) is 26.4 Å². The summed E-state index contributed by atoms with van der Waals surface area (Å²) in [6, 6.07) is 14.8. The number of hydrogen-bond acceptors (Lipinski definition) is 10. The Labute approximate surface area is 228 Å². The Morgan fingerprint density at radius 1 is 0.564 bits per heavy atom. The maximum Gasteiger partial charge on any atom is 0.411 e. The van der Waals surface area contributed by atoms with Crippen molar-refractivity contribution >= 4 is 23.6 Å². The highest BCUT2D eigenvalue weighted by atomic mass is 16.6. The van der Waals surface area contributed by atoms with Gasteiger partial charge in [0.1, 0.15) is 13.2 Å². The van der Waals surface area contributed by atoms with Crippen molar-refractivity contribution in [3.05, 3.63) is 59.7 Å². The van der Waals surface area contributed by atoms with E-state index in [1.54, 1.807) is 34.1 Å². The van der Waals surface area contributed by atoms with Gasteiger partial charge in [-0.1, -0.05) is 24.3 Å². The van der Waals surface area contributed by atoms with Crippen molar-refractivity contribution in [2.45, 2.75) is 6.42 Å². The van der Waals surface area contributed by atoms with Gasteiger partial charge in [-0.2, -0.15) is 0 Å². The molecule has 2 rings (SSSR count). The van der Waals surface area contributed by atoms with E-state index in [-0.39, 0.29) is 39.6 Å². The van der Waals surface area contributed by atoms with Gasteiger partial charge in [-0.15, -0.1) is 0 Å². The Bertz CT molecular complexity index is 870. The molecule has 0 radical (unpaired) electrons. The van der Waals surface area contributed by atoms with E-state index in [9.17, 15) is 9.59 Å². The van der Waals surface area contributed by atoms with Gasteiger partial charge in [-0.3, -0.25) is 20.4 Å². The predicted molar refractivity (Wildman–Crippen MR) is 147 cm³/mol. The Kier molecular flexibility index (Phi) is 15.5. The molecule has 12 nitrogen and oxygen atoms in total. The van der Waals surface area contributed by atoms with E-state index in [1.807, 2.05) is 24.3 Å². The number of amides is 2. The first kappa shape index (κ1) is 32.0. The number of aliphatic hydroxyl groups excluding tert-OH is 4. The van der Waals surface area contributed by atoms with Crippen LogP contribution in [-0.4, -0.2) is 121 Å². The van der Waals surface area contributed by atoms with Crippen LogP contribution in [0, 0.1) is 0 Å². The molecular formula is C27H40N4O8. The maximum absolute atomic E-state index is 12.0. The number of ether oxygens (including phenoxy) is 2. The number of carbonyl (C=O) groups excluding carboxylic acids is 2. The second-order valence-electron chi connectivity index (χ2n) is 8.67. The molecule has 0 bridgehead atoms. The first-order valence-electron chi connectivity index (χ1n) is 12.9. The minimum Gasteiger partial charge on any atom is -0.448 e. The van der Waals surface area contributed by atoms with E-state index in [0.29, 0.717) is 57.1 Å². The van der Waals surface area contributed by atoms with E-state index in [1.165, 1.54) is 0 Å². The molecule has 0 spiro atoms. The van der Waals surface area contributed by atoms with Crippen LogP contribution in [-0.2, 0) is 15.9 Å². The zero-order valence-corrected chi connectivity index (χ0v) is 22.1. The quantitative estimate of drug-likeness (QED) is 0.158. The van der Waals surface area contributed by atoms with Crippen LogP contribution in [0.3, 0.4) is 0 Å². The van der Waals surface area contributed by atoms with E-state index >= 15 is 0 Å². The van der Waals surface area contributed by atoms with Gasteiger partial charge in [-0.25, -0.2) is 9.59 Å². The lowest BCUT2D eigenvalue weighted by atomic mass is 10.0. The molecule has 12 heteroatoms. The number of nitrogens with one attached hydrogen (secondary N) is 2. The van der Waals surface area contributed by atoms with Crippen LogP contribution < -0.4 is 10.6 Å². The number of nitrogens with zero attached hydrogens (tertiary/aromatic N) is 2. The van der Waals surface area contributed by atoms with Crippen molar-refractivity contribution in [2.75, 3.05) is 89.5 Å². The van der Waals surface area contributed by atoms with Crippen molar-refractivity contribution in [3.8, 4) is 0 Å². The van der Waals surface area contributed by atoms with Crippen molar-refractivity contribution in [1.29, 1.82) is 0 Å². The Morgan fingerprint density at radius 3 is 1.21 bits per heavy atom. The van der Waals surface area contributed by atoms with Crippen LogP contribution in [0.2, 0.25) is 0 Å². The van der Waals surface area contributed by atoms with Crippen LogP contribution >= 0.6 is 0 Å². The SMILES string of the molecule is O=C(Nc1ccc(Cc2ccc(NC(=O)OCCN(CCO)CCO)cc2)cc1)OCCN(CCO)CCO. The van der Waals surface area contributed by atoms with Crippen molar-refractivity contribution in [3.63, 3.8) is 0 Å². The summed E-state index contributed by atoms with van der Waals surface area (Å²) in [5.41, 5.74) is 3.27. The largest absolute Gasteiger partial charge is 0.448 e. The fraction of sp³-hybridized carbons (Fsp3) is 0.481. The molecule has 2 aromatic carbocycles. The summed E-state index contributed by atoms with van der Waals surface area (Å²) in [6.07, 6.45) is -0.498. The van der Waals surface area contributed by atoms with E-state index < -0.39 is 12.2 Å². The van der Waals surface area contributed by atoms with Gasteiger partial charge in [-0.05, 0) is 41.8 Å². The molecule has 0 unspecified atom stereocenters. The fourth-order valence-corrected chi connectivity index (χ4v) is 3.73. The van der Waals surface area contributed by atoms with Crippen molar-refractivity contribution in [2.24, 2.45) is 0 Å². The van der Waals surface area contributed by atoms with Crippen LogP contribution in [0.15, 0.2) is 48.5 Å². The average Bonchev–Trinajstić information content (AvgIpc) is 2.91. The van der Waals surface area contributed by atoms with Gasteiger partial charge >= 0.3 is 12.2 Å². The highest BCUT2D eigenvalue weighted by molar-refractivity contribution is 5.85. The van der Waals surface area contributed by atoms with Gasteiger partial charge in [0, 0.05) is 50.6 Å². The van der Waals surface area contributed by atoms with E-state index in [0.717, 1.165) is 11.1 Å². The first-order valence-corrected chi connectivity index (χ1v) is 12.9. The van der Waals surface area contributed by atoms with Gasteiger partial charge in [0.2, 0.25) is 0 Å². The lowest BCUT2D eigenvalue weighted by Crippen LogP contribution is -2.33. The molecule has 0 aliphatic heterocycles. The predicted octanol–water partition coefficient (Wildman–Crippen LogP) is 0.948. The van der Waals surface area contributed by atoms with Crippen molar-refractivity contribution in [1.82, 2.24) is 9.80 Å². The summed E-state index contributed by atoms with van der Waals surface area (Å²) in [6.45, 7) is 2.57. The van der Waals surface area contributed by atoms with E-state index in [4.69, 9.17) is 29.9 Å². The second kappa shape index (κ2) is 18.9. The van der Waals surface area contributed by atoms with Gasteiger partial charge in [0.15, 0.2) is 0 Å². The molecule has 6 N–H and O–H groups in total. The molecule has 0 saturated carbocycles. The van der Waals surface area contributed by atoms with Crippen LogP contribution in [0.25, 0.3) is 0 Å². The Balaban J connectivity index is 1.73. The topological polar surface area (TPSA) is 164 Å². The normalized spacial score (nSPS) is 11.0. The van der Waals surface area contributed by atoms with Crippen LogP contribution in [0.1, 0.15) is 11.1 Å². The second-order valence-corrected chi connectivity index (χ2v) is 8.67. The minimum absolute atomic E-state index is 0.0339. The zero-order valence-electron chi connectivity index (χ0n) is 22.1. The molecule has 216 valence electrons. The zero-order chi connectivity index (χ0) is 28.3. The molecule has 39 heavy (non-hydrogen) atoms. The fourth-order valence-electron chi connectivity index (χ4n) is 3.73. The summed E-state index contributed by atoms with van der Waals surface area (Å²) in [5, 5.41) is 41.4. The maximum atomic E-state index is 12.0. The number of carbonyl (C=O) groups is 2. The lowest BCUT2D eigenvalue weighted by Gasteiger charge is -2.19. The molecular weight excluding hydrogens is 508 g/mol. The number of benzene rings is 2. The third-order valence-corrected chi connectivity index (χ3v) is 5.76. The Hall–Kier alpha value is -3.26. The standard InChI is InChI=1S/C27H40N4O8/c32-15-9-30(10-16-33)13-19-38-26(36)28-24-5-1-22(2-6-24)21-23-3-7-25(8-4-23)29-27(37)39-20-14-31(11-17-34)12-18-35/h1-8,32-35H,9-21H2,(H,28,36)(H,29,37). The molecule has 2 aromatic rings. The first-order chi connectivity index (χ1) is 19.0. The average molecular weight is 549 g/mol. The van der Waals surface area contributed by atoms with Gasteiger partial charge in [0.25, 0.3) is 0 Å². The molecule has 0 saturated heterocycles. The molecule has 0 fully saturated rings. The number of anilines is 2. The Morgan fingerprint density at radius 2 is 0.897 bits per heavy atom. The number of aliphatic hydroxyl groups is 4. The summed E-state index contributed by atoms with van der Waals surface area (Å²) in [5.74, 6) is 0. The van der Waals surface area contributed by atoms with Crippen LogP contribution in [0.4, 0.5) is 21.0 Å². The summed E-state index contributed by atoms with van der Waals surface area (Å²) in [7, 11) is 0. The smallest absolute Gasteiger partial charge is 0.411 e. The molecule has 2 amide bonds. The molecule has 0 aliphatic carbocycles. The number of hydrogen-bond donors (Lipinski definition) is 6. The highest BCUT2D eigenvalue weighted by Gasteiger charge is 2.09. The minimum atomic E-state index is -0.579.